The summed E-state index contributed by atoms with van der Waals surface area (Å²) < 4.78 is 0. The van der Waals surface area contributed by atoms with Gasteiger partial charge in [0.2, 0.25) is 0 Å². The van der Waals surface area contributed by atoms with Crippen molar-refractivity contribution in [2.45, 2.75) is 18.9 Å². The van der Waals surface area contributed by atoms with E-state index in [9.17, 15) is 4.79 Å². The Morgan fingerprint density at radius 2 is 2.29 bits per heavy atom. The number of nitrogens with zero attached hydrogens (tertiary/aromatic N) is 1. The van der Waals surface area contributed by atoms with Crippen molar-refractivity contribution in [2.75, 3.05) is 0 Å². The first-order valence-electron chi connectivity index (χ1n) is 4.08. The maximum Gasteiger partial charge on any atom is 0.305 e. The molecule has 0 saturated carbocycles. The molecule has 14 heavy (non-hydrogen) atoms. The van der Waals surface area contributed by atoms with Crippen molar-refractivity contribution in [3.63, 3.8) is 0 Å². The molecule has 0 aliphatic rings. The fourth-order valence-electron chi connectivity index (χ4n) is 1.13. The van der Waals surface area contributed by atoms with Crippen LogP contribution in [0.3, 0.4) is 0 Å². The molecule has 0 amide bonds. The zero-order valence-electron chi connectivity index (χ0n) is 7.77. The normalized spacial score (nSPS) is 14.7. The number of rotatable bonds is 3. The first-order chi connectivity index (χ1) is 6.42. The average Bonchev–Trinajstić information content (AvgIpc) is 2.02. The molecule has 1 rings (SSSR count). The van der Waals surface area contributed by atoms with Gasteiger partial charge >= 0.3 is 5.97 Å². The van der Waals surface area contributed by atoms with Crippen LogP contribution in [0, 0.1) is 0 Å². The minimum absolute atomic E-state index is 0.0277. The van der Waals surface area contributed by atoms with E-state index < -0.39 is 11.5 Å². The van der Waals surface area contributed by atoms with Gasteiger partial charge in [0.25, 0.3) is 0 Å². The van der Waals surface area contributed by atoms with Crippen molar-refractivity contribution in [1.82, 2.24) is 4.98 Å². The van der Waals surface area contributed by atoms with E-state index in [1.54, 1.807) is 6.92 Å². The number of pyridine rings is 1. The Labute approximate surface area is 81.2 Å². The summed E-state index contributed by atoms with van der Waals surface area (Å²) in [5.74, 6) is -0.954. The monoisotopic (exact) mass is 196 g/mol. The highest BCUT2D eigenvalue weighted by Gasteiger charge is 2.25. The Kier molecular flexibility index (Phi) is 2.71. The predicted molar refractivity (Wildman–Crippen MR) is 49.7 cm³/mol. The minimum Gasteiger partial charge on any atom is -0.506 e. The van der Waals surface area contributed by atoms with Crippen LogP contribution < -0.4 is 5.73 Å². The number of hydrogen-bond acceptors (Lipinski definition) is 4. The predicted octanol–water partition coefficient (Wildman–Crippen LogP) is 0.436. The van der Waals surface area contributed by atoms with Gasteiger partial charge in [-0.05, 0) is 19.1 Å². The van der Waals surface area contributed by atoms with Crippen molar-refractivity contribution in [3.8, 4) is 5.75 Å². The molecule has 76 valence electrons. The summed E-state index contributed by atoms with van der Waals surface area (Å²) in [6.45, 7) is 1.58. The van der Waals surface area contributed by atoms with E-state index in [2.05, 4.69) is 4.98 Å². The lowest BCUT2D eigenvalue weighted by atomic mass is 9.94. The van der Waals surface area contributed by atoms with E-state index in [0.29, 0.717) is 5.69 Å². The highest BCUT2D eigenvalue weighted by atomic mass is 16.4. The second-order valence-corrected chi connectivity index (χ2v) is 3.39. The molecule has 1 atom stereocenters. The van der Waals surface area contributed by atoms with E-state index in [-0.39, 0.29) is 12.2 Å². The molecule has 0 aliphatic carbocycles. The van der Waals surface area contributed by atoms with Gasteiger partial charge in [-0.2, -0.15) is 0 Å². The summed E-state index contributed by atoms with van der Waals surface area (Å²) >= 11 is 0. The zero-order chi connectivity index (χ0) is 10.8. The summed E-state index contributed by atoms with van der Waals surface area (Å²) in [6, 6.07) is 2.94. The van der Waals surface area contributed by atoms with Crippen molar-refractivity contribution in [1.29, 1.82) is 0 Å². The van der Waals surface area contributed by atoms with E-state index in [1.807, 2.05) is 0 Å². The van der Waals surface area contributed by atoms with Crippen molar-refractivity contribution in [2.24, 2.45) is 5.73 Å². The van der Waals surface area contributed by atoms with E-state index in [1.165, 1.54) is 18.3 Å². The van der Waals surface area contributed by atoms with Crippen molar-refractivity contribution >= 4 is 5.97 Å². The molecule has 5 heteroatoms. The Balaban J connectivity index is 2.91. The fraction of sp³-hybridized carbons (Fsp3) is 0.333. The van der Waals surface area contributed by atoms with Gasteiger partial charge in [-0.1, -0.05) is 0 Å². The lowest BCUT2D eigenvalue weighted by Crippen LogP contribution is -2.36. The van der Waals surface area contributed by atoms with Crippen LogP contribution in [0.4, 0.5) is 0 Å². The summed E-state index contributed by atoms with van der Waals surface area (Å²) in [4.78, 5) is 14.4. The molecule has 0 bridgehead atoms. The molecule has 1 unspecified atom stereocenters. The van der Waals surface area contributed by atoms with Crippen LogP contribution in [0.25, 0.3) is 0 Å². The standard InChI is InChI=1S/C9H12N2O3/c1-9(10,4-8(13)14)7-3-2-6(12)5-11-7/h2-3,5,12H,4,10H2,1H3,(H,13,14). The second kappa shape index (κ2) is 3.63. The van der Waals surface area contributed by atoms with Gasteiger partial charge in [0.15, 0.2) is 0 Å². The summed E-state index contributed by atoms with van der Waals surface area (Å²) in [7, 11) is 0. The van der Waals surface area contributed by atoms with Gasteiger partial charge in [0.1, 0.15) is 5.75 Å². The molecule has 1 aromatic rings. The Morgan fingerprint density at radius 1 is 1.64 bits per heavy atom. The number of hydrogen-bond donors (Lipinski definition) is 3. The van der Waals surface area contributed by atoms with Gasteiger partial charge in [-0.15, -0.1) is 0 Å². The number of aromatic hydroxyl groups is 1. The molecule has 0 aliphatic heterocycles. The Morgan fingerprint density at radius 3 is 2.71 bits per heavy atom. The quantitative estimate of drug-likeness (QED) is 0.651. The Hall–Kier alpha value is -1.62. The summed E-state index contributed by atoms with van der Waals surface area (Å²) in [5.41, 5.74) is 5.19. The SMILES string of the molecule is CC(N)(CC(=O)O)c1ccc(O)cn1. The first kappa shape index (κ1) is 10.5. The molecule has 0 saturated heterocycles. The number of nitrogens with two attached hydrogens (primary N) is 1. The lowest BCUT2D eigenvalue weighted by Gasteiger charge is -2.21. The molecule has 1 aromatic heterocycles. The maximum absolute atomic E-state index is 10.5. The number of carbonyl (C=O) groups is 1. The molecule has 0 spiro atoms. The maximum atomic E-state index is 10.5. The topological polar surface area (TPSA) is 96.4 Å². The largest absolute Gasteiger partial charge is 0.506 e. The third-order valence-electron chi connectivity index (χ3n) is 1.85. The van der Waals surface area contributed by atoms with Crippen LogP contribution in [-0.2, 0) is 10.3 Å². The lowest BCUT2D eigenvalue weighted by molar-refractivity contribution is -0.138. The van der Waals surface area contributed by atoms with Crippen LogP contribution in [0.15, 0.2) is 18.3 Å². The molecule has 0 aromatic carbocycles. The number of carboxylic acid groups (broad SMARTS) is 1. The molecule has 0 radical (unpaired) electrons. The van der Waals surface area contributed by atoms with E-state index in [0.717, 1.165) is 0 Å². The van der Waals surface area contributed by atoms with Crippen LogP contribution in [0.5, 0.6) is 5.75 Å². The van der Waals surface area contributed by atoms with Gasteiger partial charge in [-0.25, -0.2) is 0 Å². The van der Waals surface area contributed by atoms with Crippen molar-refractivity contribution in [3.05, 3.63) is 24.0 Å². The van der Waals surface area contributed by atoms with Gasteiger partial charge in [0.05, 0.1) is 23.9 Å². The van der Waals surface area contributed by atoms with Crippen LogP contribution in [-0.4, -0.2) is 21.2 Å². The van der Waals surface area contributed by atoms with Crippen molar-refractivity contribution < 1.29 is 15.0 Å². The third kappa shape index (κ3) is 2.43. The zero-order valence-corrected chi connectivity index (χ0v) is 7.77. The van der Waals surface area contributed by atoms with Crippen LogP contribution in [0.2, 0.25) is 0 Å². The summed E-state index contributed by atoms with van der Waals surface area (Å²) in [5, 5.41) is 17.6. The van der Waals surface area contributed by atoms with E-state index in [4.69, 9.17) is 15.9 Å². The van der Waals surface area contributed by atoms with Gasteiger partial charge < -0.3 is 15.9 Å². The molecule has 1 heterocycles. The molecule has 5 nitrogen and oxygen atoms in total. The minimum atomic E-state index is -1.01. The Bertz CT molecular complexity index is 332. The van der Waals surface area contributed by atoms with Gasteiger partial charge in [0, 0.05) is 0 Å². The van der Waals surface area contributed by atoms with Crippen LogP contribution >= 0.6 is 0 Å². The molecular weight excluding hydrogens is 184 g/mol. The third-order valence-corrected chi connectivity index (χ3v) is 1.85. The van der Waals surface area contributed by atoms with Gasteiger partial charge in [-0.3, -0.25) is 9.78 Å². The summed E-state index contributed by atoms with van der Waals surface area (Å²) in [6.07, 6.45) is 1.03. The smallest absolute Gasteiger partial charge is 0.305 e. The number of aliphatic carboxylic acids is 1. The molecule has 4 N–H and O–H groups in total. The number of aromatic nitrogens is 1. The number of carboxylic acids is 1. The average molecular weight is 196 g/mol. The first-order valence-corrected chi connectivity index (χ1v) is 4.08. The molecular formula is C9H12N2O3. The van der Waals surface area contributed by atoms with Crippen LogP contribution in [0.1, 0.15) is 19.0 Å². The molecule has 0 fully saturated rings. The second-order valence-electron chi connectivity index (χ2n) is 3.39. The highest BCUT2D eigenvalue weighted by Crippen LogP contribution is 2.20. The van der Waals surface area contributed by atoms with E-state index >= 15 is 0 Å². The highest BCUT2D eigenvalue weighted by molar-refractivity contribution is 5.68. The fourth-order valence-corrected chi connectivity index (χ4v) is 1.13.